The Kier molecular flexibility index (Phi) is 5.44. The van der Waals surface area contributed by atoms with E-state index in [1.165, 1.54) is 25.7 Å². The van der Waals surface area contributed by atoms with Crippen LogP contribution in [0.25, 0.3) is 0 Å². The van der Waals surface area contributed by atoms with Gasteiger partial charge < -0.3 is 10.2 Å². The molecule has 0 radical (unpaired) electrons. The molecule has 2 N–H and O–H groups in total. The zero-order valence-electron chi connectivity index (χ0n) is 20.3. The van der Waals surface area contributed by atoms with E-state index in [9.17, 15) is 15.0 Å². The summed E-state index contributed by atoms with van der Waals surface area (Å²) in [5.41, 5.74) is 0.830. The Balaban J connectivity index is 1.72. The van der Waals surface area contributed by atoms with Gasteiger partial charge in [0.25, 0.3) is 0 Å². The molecule has 3 nitrogen and oxygen atoms in total. The molecule has 4 fully saturated rings. The second kappa shape index (κ2) is 7.22. The maximum absolute atomic E-state index is 12.1. The van der Waals surface area contributed by atoms with Gasteiger partial charge in [0.15, 0.2) is 0 Å². The van der Waals surface area contributed by atoms with Crippen LogP contribution in [0, 0.1) is 51.2 Å². The molecule has 3 heteroatoms. The van der Waals surface area contributed by atoms with Gasteiger partial charge in [0.1, 0.15) is 0 Å². The summed E-state index contributed by atoms with van der Waals surface area (Å²) in [6.07, 6.45) is 10.9. The zero-order valence-corrected chi connectivity index (χ0v) is 20.3. The van der Waals surface area contributed by atoms with E-state index in [0.717, 1.165) is 38.5 Å². The first-order valence-corrected chi connectivity index (χ1v) is 12.8. The molecule has 4 unspecified atom stereocenters. The molecular weight excluding hydrogens is 372 g/mol. The van der Waals surface area contributed by atoms with Gasteiger partial charge in [0.2, 0.25) is 0 Å². The maximum Gasteiger partial charge on any atom is 0.306 e. The van der Waals surface area contributed by atoms with Crippen LogP contribution in [0.4, 0.5) is 0 Å². The zero-order chi connectivity index (χ0) is 22.1. The van der Waals surface area contributed by atoms with Crippen LogP contribution in [0.5, 0.6) is 0 Å². The molecule has 0 spiro atoms. The second-order valence-corrected chi connectivity index (χ2v) is 13.0. The lowest BCUT2D eigenvalue weighted by molar-refractivity contribution is -0.241. The van der Waals surface area contributed by atoms with E-state index < -0.39 is 5.97 Å². The normalized spacial score (nSPS) is 52.6. The molecule has 0 bridgehead atoms. The predicted octanol–water partition coefficient (Wildman–Crippen LogP) is 6.53. The van der Waals surface area contributed by atoms with E-state index in [0.29, 0.717) is 29.1 Å². The number of aliphatic carboxylic acids is 1. The van der Waals surface area contributed by atoms with Crippen molar-refractivity contribution in [2.24, 2.45) is 51.2 Å². The van der Waals surface area contributed by atoms with Crippen LogP contribution in [-0.2, 0) is 4.79 Å². The number of hydrogen-bond acceptors (Lipinski definition) is 2. The first kappa shape index (κ1) is 22.6. The minimum absolute atomic E-state index is 0.00219. The molecule has 4 rings (SSSR count). The third-order valence-electron chi connectivity index (χ3n) is 11.9. The van der Waals surface area contributed by atoms with Gasteiger partial charge in [-0.2, -0.15) is 0 Å². The highest BCUT2D eigenvalue weighted by molar-refractivity contribution is 5.70. The number of hydrogen-bond donors (Lipinski definition) is 2. The summed E-state index contributed by atoms with van der Waals surface area (Å²) >= 11 is 0. The van der Waals surface area contributed by atoms with E-state index in [1.54, 1.807) is 0 Å². The standard InChI is InChI=1S/C27H46O3/c1-7-8-17-18(23(29)30)11-15-26(5)19(17)9-10-21-25(4)14-13-22(28)24(2,3)20(25)12-16-27(21,26)6/h17-22,28H,7-16H2,1-6H3,(H,29,30)/t17?,18-,19?,20?,21?,22-,25-,26+,27+/m0/s1. The minimum atomic E-state index is -0.554. The van der Waals surface area contributed by atoms with Crippen LogP contribution in [0.3, 0.4) is 0 Å². The Hall–Kier alpha value is -0.570. The van der Waals surface area contributed by atoms with Crippen LogP contribution < -0.4 is 0 Å². The lowest BCUT2D eigenvalue weighted by Crippen LogP contribution is -2.66. The van der Waals surface area contributed by atoms with Crippen molar-refractivity contribution < 1.29 is 15.0 Å². The summed E-state index contributed by atoms with van der Waals surface area (Å²) < 4.78 is 0. The fourth-order valence-electron chi connectivity index (χ4n) is 10.1. The van der Waals surface area contributed by atoms with E-state index >= 15 is 0 Å². The van der Waals surface area contributed by atoms with Gasteiger partial charge in [0, 0.05) is 0 Å². The van der Waals surface area contributed by atoms with Crippen LogP contribution in [0.2, 0.25) is 0 Å². The average Bonchev–Trinajstić information content (AvgIpc) is 2.66. The highest BCUT2D eigenvalue weighted by Gasteiger charge is 2.68. The molecule has 0 saturated heterocycles. The van der Waals surface area contributed by atoms with Crippen LogP contribution in [-0.4, -0.2) is 22.3 Å². The monoisotopic (exact) mass is 418 g/mol. The quantitative estimate of drug-likeness (QED) is 0.547. The Morgan fingerprint density at radius 3 is 2.17 bits per heavy atom. The predicted molar refractivity (Wildman–Crippen MR) is 121 cm³/mol. The molecule has 0 heterocycles. The highest BCUT2D eigenvalue weighted by atomic mass is 16.4. The largest absolute Gasteiger partial charge is 0.481 e. The first-order valence-electron chi connectivity index (χ1n) is 12.8. The summed E-state index contributed by atoms with van der Waals surface area (Å²) in [6, 6.07) is 0. The fraction of sp³-hybridized carbons (Fsp3) is 0.963. The van der Waals surface area contributed by atoms with E-state index in [4.69, 9.17) is 0 Å². The molecule has 172 valence electrons. The number of carboxylic acids is 1. The van der Waals surface area contributed by atoms with Crippen molar-refractivity contribution in [1.29, 1.82) is 0 Å². The van der Waals surface area contributed by atoms with Crippen LogP contribution >= 0.6 is 0 Å². The number of rotatable bonds is 3. The molecule has 0 amide bonds. The Bertz CT molecular complexity index is 686. The Morgan fingerprint density at radius 1 is 0.867 bits per heavy atom. The summed E-state index contributed by atoms with van der Waals surface area (Å²) in [5.74, 6) is 1.49. The highest BCUT2D eigenvalue weighted by Crippen LogP contribution is 2.74. The molecular formula is C27H46O3. The van der Waals surface area contributed by atoms with Crippen LogP contribution in [0.1, 0.15) is 106 Å². The van der Waals surface area contributed by atoms with Crippen molar-refractivity contribution >= 4 is 5.97 Å². The molecule has 4 aliphatic carbocycles. The first-order chi connectivity index (χ1) is 13.9. The van der Waals surface area contributed by atoms with E-state index in [2.05, 4.69) is 41.5 Å². The van der Waals surface area contributed by atoms with Crippen molar-refractivity contribution in [1.82, 2.24) is 0 Å². The number of carboxylic acid groups (broad SMARTS) is 1. The maximum atomic E-state index is 12.1. The lowest BCUT2D eigenvalue weighted by atomic mass is 9.33. The fourth-order valence-corrected chi connectivity index (χ4v) is 10.1. The third kappa shape index (κ3) is 2.82. The average molecular weight is 419 g/mol. The van der Waals surface area contributed by atoms with Crippen molar-refractivity contribution in [3.63, 3.8) is 0 Å². The number of aliphatic hydroxyl groups excluding tert-OH is 1. The summed E-state index contributed by atoms with van der Waals surface area (Å²) in [4.78, 5) is 12.1. The van der Waals surface area contributed by atoms with Crippen molar-refractivity contribution in [3.05, 3.63) is 0 Å². The van der Waals surface area contributed by atoms with Crippen molar-refractivity contribution in [3.8, 4) is 0 Å². The minimum Gasteiger partial charge on any atom is -0.481 e. The van der Waals surface area contributed by atoms with Gasteiger partial charge in [-0.3, -0.25) is 4.79 Å². The van der Waals surface area contributed by atoms with E-state index in [-0.39, 0.29) is 28.3 Å². The second-order valence-electron chi connectivity index (χ2n) is 13.0. The number of carbonyl (C=O) groups is 1. The van der Waals surface area contributed by atoms with Gasteiger partial charge in [-0.1, -0.05) is 48.0 Å². The molecule has 0 aromatic rings. The lowest BCUT2D eigenvalue weighted by Gasteiger charge is -2.72. The van der Waals surface area contributed by atoms with Crippen molar-refractivity contribution in [2.45, 2.75) is 112 Å². The smallest absolute Gasteiger partial charge is 0.306 e. The van der Waals surface area contributed by atoms with Gasteiger partial charge in [0.05, 0.1) is 12.0 Å². The summed E-state index contributed by atoms with van der Waals surface area (Å²) in [7, 11) is 0. The van der Waals surface area contributed by atoms with Crippen LogP contribution in [0.15, 0.2) is 0 Å². The van der Waals surface area contributed by atoms with Gasteiger partial charge >= 0.3 is 5.97 Å². The Morgan fingerprint density at radius 2 is 1.53 bits per heavy atom. The summed E-state index contributed by atoms with van der Waals surface area (Å²) in [5, 5.41) is 20.8. The van der Waals surface area contributed by atoms with Gasteiger partial charge in [-0.25, -0.2) is 0 Å². The topological polar surface area (TPSA) is 57.5 Å². The van der Waals surface area contributed by atoms with Crippen molar-refractivity contribution in [2.75, 3.05) is 0 Å². The third-order valence-corrected chi connectivity index (χ3v) is 11.9. The molecule has 4 saturated carbocycles. The summed E-state index contributed by atoms with van der Waals surface area (Å²) in [6.45, 7) is 14.5. The Labute approximate surface area is 184 Å². The number of aliphatic hydroxyl groups is 1. The molecule has 0 aromatic heterocycles. The molecule has 4 aliphatic rings. The molecule has 9 atom stereocenters. The molecule has 30 heavy (non-hydrogen) atoms. The number of fused-ring (bicyclic) bond motifs is 5. The molecule has 0 aromatic carbocycles. The van der Waals surface area contributed by atoms with E-state index in [1.807, 2.05) is 0 Å². The molecule has 0 aliphatic heterocycles. The van der Waals surface area contributed by atoms with Gasteiger partial charge in [-0.15, -0.1) is 0 Å². The SMILES string of the molecule is CCCC1C2CCC3[C@@]4(C)CC[C@H](O)C(C)(C)C4CC[C@@]3(C)[C@]2(C)CC[C@@H]1C(=O)O. The van der Waals surface area contributed by atoms with Gasteiger partial charge in [-0.05, 0) is 103 Å².